The van der Waals surface area contributed by atoms with Gasteiger partial charge in [0, 0.05) is 6.04 Å². The number of carbonyl (C=O) groups excluding carboxylic acids is 1. The third kappa shape index (κ3) is 2.44. The topological polar surface area (TPSA) is 96.8 Å². The van der Waals surface area contributed by atoms with Crippen molar-refractivity contribution < 1.29 is 19.1 Å². The Morgan fingerprint density at radius 2 is 2.10 bits per heavy atom. The molecule has 0 bridgehead atoms. The average Bonchev–Trinajstić information content (AvgIpc) is 3.11. The summed E-state index contributed by atoms with van der Waals surface area (Å²) < 4.78 is 5.41. The number of amides is 1. The highest BCUT2D eigenvalue weighted by Gasteiger charge is 2.48. The fourth-order valence-corrected chi connectivity index (χ4v) is 3.70. The van der Waals surface area contributed by atoms with Crippen LogP contribution in [0.2, 0.25) is 0 Å². The number of rotatable bonds is 3. The molecule has 1 aromatic rings. The largest absolute Gasteiger partial charge is 0.480 e. The van der Waals surface area contributed by atoms with Gasteiger partial charge in [0.1, 0.15) is 11.8 Å². The second-order valence-electron chi connectivity index (χ2n) is 5.88. The first-order valence-corrected chi connectivity index (χ1v) is 7.46. The predicted octanol–water partition coefficient (Wildman–Crippen LogP) is 1.60. The zero-order valence-electron chi connectivity index (χ0n) is 11.8. The van der Waals surface area contributed by atoms with Crippen LogP contribution in [0.15, 0.2) is 16.5 Å². The van der Waals surface area contributed by atoms with Crippen LogP contribution in [0.1, 0.15) is 48.4 Å². The van der Waals surface area contributed by atoms with Gasteiger partial charge < -0.3 is 20.2 Å². The number of fused-ring (bicyclic) bond motifs is 1. The second kappa shape index (κ2) is 5.52. The van der Waals surface area contributed by atoms with E-state index in [0.717, 1.165) is 25.7 Å². The van der Waals surface area contributed by atoms with Crippen molar-refractivity contribution in [2.24, 2.45) is 11.7 Å². The third-order valence-electron chi connectivity index (χ3n) is 4.68. The lowest BCUT2D eigenvalue weighted by molar-refractivity contribution is -0.141. The molecule has 3 unspecified atom stereocenters. The van der Waals surface area contributed by atoms with Crippen LogP contribution >= 0.6 is 0 Å². The normalized spacial score (nSPS) is 28.4. The molecule has 3 rings (SSSR count). The van der Waals surface area contributed by atoms with Gasteiger partial charge in [0.05, 0.1) is 6.54 Å². The van der Waals surface area contributed by atoms with E-state index in [0.29, 0.717) is 18.1 Å². The van der Waals surface area contributed by atoms with Gasteiger partial charge in [0.2, 0.25) is 0 Å². The molecule has 1 aromatic heterocycles. The van der Waals surface area contributed by atoms with Gasteiger partial charge in [-0.2, -0.15) is 0 Å². The van der Waals surface area contributed by atoms with Crippen LogP contribution in [0.4, 0.5) is 0 Å². The summed E-state index contributed by atoms with van der Waals surface area (Å²) in [5, 5.41) is 9.43. The van der Waals surface area contributed by atoms with Crippen LogP contribution in [-0.4, -0.2) is 34.0 Å². The van der Waals surface area contributed by atoms with Gasteiger partial charge in [0.25, 0.3) is 5.91 Å². The number of aliphatic carboxylic acids is 1. The van der Waals surface area contributed by atoms with Crippen LogP contribution in [0.5, 0.6) is 0 Å². The lowest BCUT2D eigenvalue weighted by Gasteiger charge is -2.32. The molecule has 6 nitrogen and oxygen atoms in total. The number of hydrogen-bond acceptors (Lipinski definition) is 4. The van der Waals surface area contributed by atoms with Crippen molar-refractivity contribution >= 4 is 11.9 Å². The SMILES string of the molecule is NCc1ccc(C(=O)N2C(C(=O)O)CC3CCCCC32)o1. The molecule has 3 N–H and O–H groups in total. The predicted molar refractivity (Wildman–Crippen MR) is 74.6 cm³/mol. The lowest BCUT2D eigenvalue weighted by Crippen LogP contribution is -2.46. The van der Waals surface area contributed by atoms with Crippen molar-refractivity contribution in [1.82, 2.24) is 4.90 Å². The highest BCUT2D eigenvalue weighted by molar-refractivity contribution is 5.95. The van der Waals surface area contributed by atoms with Crippen molar-refractivity contribution in [3.05, 3.63) is 23.7 Å². The minimum atomic E-state index is -0.927. The van der Waals surface area contributed by atoms with Gasteiger partial charge in [-0.3, -0.25) is 4.79 Å². The maximum absolute atomic E-state index is 12.7. The number of likely N-dealkylation sites (tertiary alicyclic amines) is 1. The second-order valence-corrected chi connectivity index (χ2v) is 5.88. The number of nitrogens with two attached hydrogens (primary N) is 1. The Morgan fingerprint density at radius 3 is 2.76 bits per heavy atom. The zero-order chi connectivity index (χ0) is 15.0. The maximum atomic E-state index is 12.7. The van der Waals surface area contributed by atoms with E-state index >= 15 is 0 Å². The summed E-state index contributed by atoms with van der Waals surface area (Å²) in [5.41, 5.74) is 5.49. The van der Waals surface area contributed by atoms with Gasteiger partial charge in [0.15, 0.2) is 5.76 Å². The summed E-state index contributed by atoms with van der Waals surface area (Å²) in [6.07, 6.45) is 4.60. The van der Waals surface area contributed by atoms with Crippen LogP contribution in [-0.2, 0) is 11.3 Å². The number of hydrogen-bond donors (Lipinski definition) is 2. The Kier molecular flexibility index (Phi) is 3.71. The van der Waals surface area contributed by atoms with E-state index in [1.165, 1.54) is 4.90 Å². The van der Waals surface area contributed by atoms with Gasteiger partial charge >= 0.3 is 5.97 Å². The van der Waals surface area contributed by atoms with Crippen LogP contribution < -0.4 is 5.73 Å². The fraction of sp³-hybridized carbons (Fsp3) is 0.600. The smallest absolute Gasteiger partial charge is 0.326 e. The average molecular weight is 292 g/mol. The van der Waals surface area contributed by atoms with E-state index in [4.69, 9.17) is 10.2 Å². The molecular formula is C15H20N2O4. The molecule has 2 heterocycles. The van der Waals surface area contributed by atoms with Gasteiger partial charge in [-0.05, 0) is 37.3 Å². The molecule has 6 heteroatoms. The van der Waals surface area contributed by atoms with E-state index in [1.807, 2.05) is 0 Å². The molecular weight excluding hydrogens is 272 g/mol. The fourth-order valence-electron chi connectivity index (χ4n) is 3.70. The first-order valence-electron chi connectivity index (χ1n) is 7.46. The molecule has 114 valence electrons. The molecule has 21 heavy (non-hydrogen) atoms. The minimum Gasteiger partial charge on any atom is -0.480 e. The Bertz CT molecular complexity index is 554. The van der Waals surface area contributed by atoms with Crippen molar-refractivity contribution in [3.63, 3.8) is 0 Å². The highest BCUT2D eigenvalue weighted by Crippen LogP contribution is 2.40. The van der Waals surface area contributed by atoms with Gasteiger partial charge in [-0.25, -0.2) is 4.79 Å². The Morgan fingerprint density at radius 1 is 1.33 bits per heavy atom. The van der Waals surface area contributed by atoms with Crippen LogP contribution in [0.3, 0.4) is 0 Å². The zero-order valence-corrected chi connectivity index (χ0v) is 11.8. The summed E-state index contributed by atoms with van der Waals surface area (Å²) in [7, 11) is 0. The number of nitrogens with zero attached hydrogens (tertiary/aromatic N) is 1. The van der Waals surface area contributed by atoms with Crippen molar-refractivity contribution in [1.29, 1.82) is 0 Å². The molecule has 0 radical (unpaired) electrons. The maximum Gasteiger partial charge on any atom is 0.326 e. The Labute approximate surface area is 122 Å². The first kappa shape index (κ1) is 14.1. The van der Waals surface area contributed by atoms with E-state index in [2.05, 4.69) is 0 Å². The first-order chi connectivity index (χ1) is 10.1. The summed E-state index contributed by atoms with van der Waals surface area (Å²) >= 11 is 0. The van der Waals surface area contributed by atoms with E-state index < -0.39 is 12.0 Å². The Hall–Kier alpha value is -1.82. The Balaban J connectivity index is 1.88. The number of carboxylic acids is 1. The molecule has 2 aliphatic rings. The standard InChI is InChI=1S/C15H20N2O4/c16-8-10-5-6-13(21-10)14(18)17-11-4-2-1-3-9(11)7-12(17)15(19)20/h5-6,9,11-12H,1-4,7-8,16H2,(H,19,20). The molecule has 2 fully saturated rings. The molecule has 0 spiro atoms. The molecule has 1 aliphatic heterocycles. The monoisotopic (exact) mass is 292 g/mol. The van der Waals surface area contributed by atoms with E-state index in [1.54, 1.807) is 12.1 Å². The molecule has 1 aliphatic carbocycles. The van der Waals surface area contributed by atoms with Crippen LogP contribution in [0, 0.1) is 5.92 Å². The van der Waals surface area contributed by atoms with E-state index in [-0.39, 0.29) is 24.3 Å². The molecule has 1 saturated heterocycles. The minimum absolute atomic E-state index is 0.0266. The number of carbonyl (C=O) groups is 2. The van der Waals surface area contributed by atoms with E-state index in [9.17, 15) is 14.7 Å². The van der Waals surface area contributed by atoms with Gasteiger partial charge in [-0.1, -0.05) is 12.8 Å². The van der Waals surface area contributed by atoms with Crippen molar-refractivity contribution in [2.45, 2.75) is 50.7 Å². The third-order valence-corrected chi connectivity index (χ3v) is 4.68. The van der Waals surface area contributed by atoms with Crippen molar-refractivity contribution in [2.75, 3.05) is 0 Å². The number of furan rings is 1. The number of carboxylic acid groups (broad SMARTS) is 1. The molecule has 1 amide bonds. The van der Waals surface area contributed by atoms with Gasteiger partial charge in [-0.15, -0.1) is 0 Å². The highest BCUT2D eigenvalue weighted by atomic mass is 16.4. The summed E-state index contributed by atoms with van der Waals surface area (Å²) in [5.74, 6) is -0.231. The summed E-state index contributed by atoms with van der Waals surface area (Å²) in [6.45, 7) is 0.224. The summed E-state index contributed by atoms with van der Waals surface area (Å²) in [4.78, 5) is 25.7. The quantitative estimate of drug-likeness (QED) is 0.882. The van der Waals surface area contributed by atoms with Crippen LogP contribution in [0.25, 0.3) is 0 Å². The van der Waals surface area contributed by atoms with Crippen molar-refractivity contribution in [3.8, 4) is 0 Å². The molecule has 0 aromatic carbocycles. The summed E-state index contributed by atoms with van der Waals surface area (Å²) in [6, 6.07) is 2.53. The molecule has 3 atom stereocenters. The lowest BCUT2D eigenvalue weighted by atomic mass is 9.84. The molecule has 1 saturated carbocycles.